The van der Waals surface area contributed by atoms with Crippen LogP contribution in [0.15, 0.2) is 18.2 Å². The van der Waals surface area contributed by atoms with Gasteiger partial charge in [0.05, 0.1) is 16.8 Å². The Hall–Kier alpha value is -1.96. The van der Waals surface area contributed by atoms with Crippen molar-refractivity contribution in [3.63, 3.8) is 0 Å². The zero-order valence-corrected chi connectivity index (χ0v) is 15.4. The predicted octanol–water partition coefficient (Wildman–Crippen LogP) is 0.0906. The molecule has 4 rings (SSSR count). The number of amides is 3. The minimum atomic E-state index is -1.13. The Balaban J connectivity index is 1.77. The first-order chi connectivity index (χ1) is 12.4. The molecule has 0 aromatic heterocycles. The molecule has 3 amide bonds. The lowest BCUT2D eigenvalue weighted by Crippen LogP contribution is -2.98. The van der Waals surface area contributed by atoms with Crippen molar-refractivity contribution < 1.29 is 24.4 Å². The normalized spacial score (nSPS) is 32.3. The average molecular weight is 379 g/mol. The molecule has 0 saturated carbocycles. The number of carbonyl (C=O) groups excluding carboxylic acids is 3. The first-order valence-electron chi connectivity index (χ1n) is 8.74. The maximum atomic E-state index is 13.2. The van der Waals surface area contributed by atoms with Crippen LogP contribution in [-0.4, -0.2) is 48.9 Å². The average Bonchev–Trinajstić information content (AvgIpc) is 3.16. The number of nitrogens with one attached hydrogen (secondary N) is 1. The van der Waals surface area contributed by atoms with Crippen molar-refractivity contribution in [1.29, 1.82) is 0 Å². The van der Waals surface area contributed by atoms with Crippen molar-refractivity contribution >= 4 is 35.0 Å². The highest BCUT2D eigenvalue weighted by Gasteiger charge is 2.73. The van der Waals surface area contributed by atoms with Gasteiger partial charge in [-0.25, -0.2) is 0 Å². The van der Waals surface area contributed by atoms with Crippen molar-refractivity contribution in [2.24, 2.45) is 11.8 Å². The molecule has 2 saturated heterocycles. The standard InChI is InChI=1S/C18H20ClN3O4/c1-9-12-13(16(24)22(15(12)23)7-4-8-26-2)18(21-9)10-5-3-6-11(19)14(10)20-17(18)25/h3,5-6,9,12-13,21H,4,7-8H2,1-2H3,(H,20,25)/p+1/t9-,12-,13+,18-/m1/s1. The number of fused-ring (bicyclic) bond motifs is 4. The molecular weight excluding hydrogens is 358 g/mol. The Morgan fingerprint density at radius 1 is 1.31 bits per heavy atom. The van der Waals surface area contributed by atoms with Gasteiger partial charge >= 0.3 is 0 Å². The van der Waals surface area contributed by atoms with E-state index in [1.165, 1.54) is 4.90 Å². The summed E-state index contributed by atoms with van der Waals surface area (Å²) >= 11 is 6.25. The zero-order valence-electron chi connectivity index (χ0n) is 14.6. The molecule has 7 nitrogen and oxygen atoms in total. The summed E-state index contributed by atoms with van der Waals surface area (Å²) in [5, 5.41) is 5.13. The van der Waals surface area contributed by atoms with Crippen LogP contribution in [0.1, 0.15) is 18.9 Å². The summed E-state index contributed by atoms with van der Waals surface area (Å²) in [6.07, 6.45) is 0.577. The van der Waals surface area contributed by atoms with Gasteiger partial charge < -0.3 is 15.4 Å². The number of carbonyl (C=O) groups is 3. The number of anilines is 1. The Bertz CT molecular complexity index is 814. The number of rotatable bonds is 4. The SMILES string of the molecule is COCCCN1C(=O)[C@H]2[C@@H](C1=O)[C@@]1([NH2+][C@@H]2C)C(=O)Nc2c(Cl)cccc21. The molecule has 2 fully saturated rings. The number of ether oxygens (including phenoxy) is 1. The molecule has 26 heavy (non-hydrogen) atoms. The van der Waals surface area contributed by atoms with Gasteiger partial charge in [0, 0.05) is 25.8 Å². The van der Waals surface area contributed by atoms with Crippen LogP contribution in [-0.2, 0) is 24.7 Å². The van der Waals surface area contributed by atoms with Crippen LogP contribution >= 0.6 is 11.6 Å². The second-order valence-electron chi connectivity index (χ2n) is 7.19. The maximum absolute atomic E-state index is 13.2. The number of imide groups is 1. The quantitative estimate of drug-likeness (QED) is 0.573. The number of para-hydroxylation sites is 1. The molecule has 8 heteroatoms. The minimum Gasteiger partial charge on any atom is -0.385 e. The summed E-state index contributed by atoms with van der Waals surface area (Å²) in [5.41, 5.74) is 0.100. The molecule has 3 aliphatic rings. The first kappa shape index (κ1) is 17.5. The molecule has 0 bridgehead atoms. The summed E-state index contributed by atoms with van der Waals surface area (Å²) in [4.78, 5) is 40.4. The predicted molar refractivity (Wildman–Crippen MR) is 93.3 cm³/mol. The van der Waals surface area contributed by atoms with E-state index in [2.05, 4.69) is 5.32 Å². The highest BCUT2D eigenvalue weighted by molar-refractivity contribution is 6.35. The number of nitrogens with zero attached hydrogens (tertiary/aromatic N) is 1. The molecule has 138 valence electrons. The van der Waals surface area contributed by atoms with Crippen molar-refractivity contribution in [3.05, 3.63) is 28.8 Å². The second kappa shape index (κ2) is 6.04. The lowest BCUT2D eigenvalue weighted by atomic mass is 9.76. The molecule has 0 radical (unpaired) electrons. The molecular formula is C18H21ClN3O4+. The fraction of sp³-hybridized carbons (Fsp3) is 0.500. The Kier molecular flexibility index (Phi) is 4.06. The maximum Gasteiger partial charge on any atom is 0.291 e. The van der Waals surface area contributed by atoms with Gasteiger partial charge in [-0.15, -0.1) is 0 Å². The number of nitrogens with two attached hydrogens (primary N) is 1. The summed E-state index contributed by atoms with van der Waals surface area (Å²) in [6.45, 7) is 2.68. The number of methoxy groups -OCH3 is 1. The third-order valence-corrected chi connectivity index (χ3v) is 6.14. The van der Waals surface area contributed by atoms with E-state index in [9.17, 15) is 14.4 Å². The molecule has 1 aromatic carbocycles. The van der Waals surface area contributed by atoms with Crippen molar-refractivity contribution in [2.45, 2.75) is 24.9 Å². The lowest BCUT2D eigenvalue weighted by Gasteiger charge is -2.25. The number of halogens is 1. The van der Waals surface area contributed by atoms with E-state index in [-0.39, 0.29) is 23.8 Å². The van der Waals surface area contributed by atoms with E-state index in [1.807, 2.05) is 18.3 Å². The van der Waals surface area contributed by atoms with Crippen LogP contribution in [0.3, 0.4) is 0 Å². The van der Waals surface area contributed by atoms with Crippen LogP contribution in [0.25, 0.3) is 0 Å². The van der Waals surface area contributed by atoms with Crippen LogP contribution in [0, 0.1) is 11.8 Å². The van der Waals surface area contributed by atoms with E-state index in [4.69, 9.17) is 16.3 Å². The highest BCUT2D eigenvalue weighted by atomic mass is 35.5. The summed E-state index contributed by atoms with van der Waals surface area (Å²) in [5.74, 6) is -1.98. The minimum absolute atomic E-state index is 0.181. The van der Waals surface area contributed by atoms with Crippen molar-refractivity contribution in [2.75, 3.05) is 25.6 Å². The third kappa shape index (κ3) is 2.11. The second-order valence-corrected chi connectivity index (χ2v) is 7.60. The van der Waals surface area contributed by atoms with E-state index < -0.39 is 17.4 Å². The van der Waals surface area contributed by atoms with Crippen molar-refractivity contribution in [3.8, 4) is 0 Å². The third-order valence-electron chi connectivity index (χ3n) is 5.83. The van der Waals surface area contributed by atoms with E-state index in [1.54, 1.807) is 19.2 Å². The number of quaternary nitrogens is 1. The van der Waals surface area contributed by atoms with Gasteiger partial charge in [-0.1, -0.05) is 17.7 Å². The van der Waals surface area contributed by atoms with Gasteiger partial charge in [0.1, 0.15) is 11.8 Å². The summed E-state index contributed by atoms with van der Waals surface area (Å²) in [6, 6.07) is 5.11. The fourth-order valence-corrected chi connectivity index (χ4v) is 5.00. The smallest absolute Gasteiger partial charge is 0.291 e. The molecule has 1 aromatic rings. The topological polar surface area (TPSA) is 92.3 Å². The van der Waals surface area contributed by atoms with Crippen LogP contribution in [0.2, 0.25) is 5.02 Å². The monoisotopic (exact) mass is 378 g/mol. The summed E-state index contributed by atoms with van der Waals surface area (Å²) < 4.78 is 5.02. The molecule has 0 aliphatic carbocycles. The van der Waals surface area contributed by atoms with Crippen LogP contribution < -0.4 is 10.6 Å². The van der Waals surface area contributed by atoms with Gasteiger partial charge in [0.15, 0.2) is 0 Å². The molecule has 3 aliphatic heterocycles. The van der Waals surface area contributed by atoms with Gasteiger partial charge in [-0.05, 0) is 25.5 Å². The van der Waals surface area contributed by atoms with Gasteiger partial charge in [0.2, 0.25) is 17.4 Å². The van der Waals surface area contributed by atoms with Crippen LogP contribution in [0.5, 0.6) is 0 Å². The molecule has 1 spiro atoms. The lowest BCUT2D eigenvalue weighted by molar-refractivity contribution is -0.730. The van der Waals surface area contributed by atoms with E-state index >= 15 is 0 Å². The number of hydrogen-bond acceptors (Lipinski definition) is 4. The number of likely N-dealkylation sites (tertiary alicyclic amines) is 1. The molecule has 4 atom stereocenters. The molecule has 0 unspecified atom stereocenters. The molecule has 3 N–H and O–H groups in total. The van der Waals surface area contributed by atoms with Gasteiger partial charge in [-0.2, -0.15) is 0 Å². The van der Waals surface area contributed by atoms with Crippen molar-refractivity contribution in [1.82, 2.24) is 4.90 Å². The Labute approximate surface area is 156 Å². The first-order valence-corrected chi connectivity index (χ1v) is 9.12. The van der Waals surface area contributed by atoms with E-state index in [0.29, 0.717) is 35.8 Å². The number of hydrogen-bond donors (Lipinski definition) is 2. The van der Waals surface area contributed by atoms with Crippen LogP contribution in [0.4, 0.5) is 5.69 Å². The fourth-order valence-electron chi connectivity index (χ4n) is 4.78. The largest absolute Gasteiger partial charge is 0.385 e. The number of benzene rings is 1. The summed E-state index contributed by atoms with van der Waals surface area (Å²) in [7, 11) is 1.58. The zero-order chi connectivity index (χ0) is 18.6. The highest BCUT2D eigenvalue weighted by Crippen LogP contribution is 2.50. The Morgan fingerprint density at radius 3 is 2.81 bits per heavy atom. The molecule has 3 heterocycles. The van der Waals surface area contributed by atoms with Gasteiger partial charge in [-0.3, -0.25) is 19.3 Å². The van der Waals surface area contributed by atoms with E-state index in [0.717, 1.165) is 0 Å². The Morgan fingerprint density at radius 2 is 2.08 bits per heavy atom. The van der Waals surface area contributed by atoms with Gasteiger partial charge in [0.25, 0.3) is 5.91 Å².